The lowest BCUT2D eigenvalue weighted by Crippen LogP contribution is -2.42. The van der Waals surface area contributed by atoms with Gasteiger partial charge in [-0.15, -0.1) is 11.3 Å². The molecule has 196 valence electrons. The molecule has 0 spiro atoms. The highest BCUT2D eigenvalue weighted by molar-refractivity contribution is 7.19. The summed E-state index contributed by atoms with van der Waals surface area (Å²) in [5.74, 6) is 2.37. The number of thiophene rings is 1. The van der Waals surface area contributed by atoms with Crippen molar-refractivity contribution in [2.24, 2.45) is 5.92 Å². The maximum atomic E-state index is 12.5. The minimum atomic E-state index is 0.178. The van der Waals surface area contributed by atoms with Crippen LogP contribution in [0.4, 0.5) is 17.2 Å². The molecular weight excluding hydrogens is 484 g/mol. The van der Waals surface area contributed by atoms with E-state index in [1.54, 1.807) is 17.7 Å². The molecule has 2 aliphatic rings. The highest BCUT2D eigenvalue weighted by atomic mass is 32.1. The van der Waals surface area contributed by atoms with E-state index in [0.29, 0.717) is 30.5 Å². The molecule has 1 aromatic carbocycles. The van der Waals surface area contributed by atoms with E-state index in [4.69, 9.17) is 10.5 Å². The number of nitrogen functional groups attached to an aromatic ring is 1. The van der Waals surface area contributed by atoms with Crippen LogP contribution in [0, 0.1) is 5.92 Å². The van der Waals surface area contributed by atoms with Crippen LogP contribution in [-0.4, -0.2) is 53.6 Å². The van der Waals surface area contributed by atoms with Crippen molar-refractivity contribution in [3.8, 4) is 5.75 Å². The number of rotatable bonds is 10. The average Bonchev–Trinajstić information content (AvgIpc) is 3.62. The van der Waals surface area contributed by atoms with Gasteiger partial charge in [0.05, 0.1) is 24.2 Å². The number of aryl methyl sites for hydroxylation is 1. The molecule has 2 aliphatic carbocycles. The van der Waals surface area contributed by atoms with Gasteiger partial charge in [-0.3, -0.25) is 4.79 Å². The second-order valence-corrected chi connectivity index (χ2v) is 11.1. The lowest BCUT2D eigenvalue weighted by atomic mass is 9.93. The first kappa shape index (κ1) is 25.5. The Kier molecular flexibility index (Phi) is 7.62. The van der Waals surface area contributed by atoms with Gasteiger partial charge in [0.2, 0.25) is 5.91 Å². The number of ether oxygens (including phenoxy) is 1. The molecule has 9 heteroatoms. The van der Waals surface area contributed by atoms with Crippen molar-refractivity contribution in [2.75, 3.05) is 37.8 Å². The summed E-state index contributed by atoms with van der Waals surface area (Å²) in [6.07, 6.45) is 10.9. The molecule has 1 unspecified atom stereocenters. The molecule has 0 radical (unpaired) electrons. The maximum Gasteiger partial charge on any atom is 0.236 e. The third-order valence-corrected chi connectivity index (χ3v) is 8.29. The van der Waals surface area contributed by atoms with Crippen LogP contribution in [0.5, 0.6) is 5.75 Å². The van der Waals surface area contributed by atoms with Crippen molar-refractivity contribution in [3.63, 3.8) is 0 Å². The molecule has 1 fully saturated rings. The van der Waals surface area contributed by atoms with Gasteiger partial charge in [0.1, 0.15) is 22.7 Å². The van der Waals surface area contributed by atoms with Crippen LogP contribution in [0.3, 0.4) is 0 Å². The van der Waals surface area contributed by atoms with Gasteiger partial charge < -0.3 is 26.0 Å². The van der Waals surface area contributed by atoms with E-state index in [0.717, 1.165) is 53.1 Å². The fraction of sp³-hybridized carbons (Fsp3) is 0.464. The van der Waals surface area contributed by atoms with Crippen LogP contribution < -0.4 is 21.1 Å². The van der Waals surface area contributed by atoms with Gasteiger partial charge in [-0.1, -0.05) is 12.2 Å². The summed E-state index contributed by atoms with van der Waals surface area (Å²) >= 11 is 1.72. The van der Waals surface area contributed by atoms with Crippen molar-refractivity contribution >= 4 is 50.7 Å². The smallest absolute Gasteiger partial charge is 0.236 e. The summed E-state index contributed by atoms with van der Waals surface area (Å²) in [6.45, 7) is 5.75. The van der Waals surface area contributed by atoms with Crippen molar-refractivity contribution in [2.45, 2.75) is 52.0 Å². The Balaban J connectivity index is 1.35. The molecule has 1 atom stereocenters. The molecule has 2 aromatic heterocycles. The molecule has 2 heterocycles. The zero-order valence-electron chi connectivity index (χ0n) is 21.8. The Hall–Kier alpha value is -3.17. The Bertz CT molecular complexity index is 1320. The molecule has 1 amide bonds. The zero-order valence-corrected chi connectivity index (χ0v) is 22.7. The number of benzene rings is 1. The Morgan fingerprint density at radius 1 is 1.30 bits per heavy atom. The van der Waals surface area contributed by atoms with Crippen molar-refractivity contribution in [1.29, 1.82) is 0 Å². The summed E-state index contributed by atoms with van der Waals surface area (Å²) in [5, 5.41) is 8.11. The summed E-state index contributed by atoms with van der Waals surface area (Å²) in [6, 6.07) is 4.15. The lowest BCUT2D eigenvalue weighted by molar-refractivity contribution is -0.129. The number of nitrogens with two attached hydrogens (primary N) is 1. The SMILES string of the molecule is CC=Cc1cc(Nc2ncnc3sc4c(c23)CCC(NCC(=O)N(C)CC2CC2)C4)c(OCC)cc1N. The number of amides is 1. The highest BCUT2D eigenvalue weighted by Gasteiger charge is 2.27. The summed E-state index contributed by atoms with van der Waals surface area (Å²) in [7, 11) is 1.92. The van der Waals surface area contributed by atoms with Gasteiger partial charge in [0.25, 0.3) is 0 Å². The molecule has 8 nitrogen and oxygen atoms in total. The number of nitrogens with zero attached hydrogens (tertiary/aromatic N) is 3. The third-order valence-electron chi connectivity index (χ3n) is 7.13. The van der Waals surface area contributed by atoms with Crippen molar-refractivity contribution in [1.82, 2.24) is 20.2 Å². The fourth-order valence-electron chi connectivity index (χ4n) is 4.97. The normalized spacial score (nSPS) is 17.2. The van der Waals surface area contributed by atoms with Crippen molar-refractivity contribution < 1.29 is 9.53 Å². The number of anilines is 3. The first-order chi connectivity index (χ1) is 18.0. The van der Waals surface area contributed by atoms with Gasteiger partial charge in [-0.25, -0.2) is 9.97 Å². The molecule has 0 bridgehead atoms. The molecule has 37 heavy (non-hydrogen) atoms. The number of hydrogen-bond acceptors (Lipinski definition) is 8. The van der Waals surface area contributed by atoms with Gasteiger partial charge in [0.15, 0.2) is 0 Å². The topological polar surface area (TPSA) is 105 Å². The molecule has 3 aromatic rings. The molecule has 5 rings (SSSR count). The molecular formula is C28H36N6O2S. The molecule has 0 saturated heterocycles. The number of likely N-dealkylation sites (N-methyl/N-ethyl adjacent to an activating group) is 1. The van der Waals surface area contributed by atoms with E-state index in [1.165, 1.54) is 23.3 Å². The molecule has 4 N–H and O–H groups in total. The first-order valence-corrected chi connectivity index (χ1v) is 14.0. The van der Waals surface area contributed by atoms with Crippen molar-refractivity contribution in [3.05, 3.63) is 40.5 Å². The van der Waals surface area contributed by atoms with E-state index in [9.17, 15) is 4.79 Å². The second kappa shape index (κ2) is 11.1. The van der Waals surface area contributed by atoms with E-state index in [2.05, 4.69) is 20.6 Å². The Morgan fingerprint density at radius 3 is 2.89 bits per heavy atom. The quantitative estimate of drug-likeness (QED) is 0.331. The number of allylic oxidation sites excluding steroid dienone is 1. The number of carbonyl (C=O) groups is 1. The monoisotopic (exact) mass is 520 g/mol. The number of nitrogens with one attached hydrogen (secondary N) is 2. The maximum absolute atomic E-state index is 12.5. The second-order valence-electron chi connectivity index (χ2n) is 9.98. The van der Waals surface area contributed by atoms with Gasteiger partial charge in [0, 0.05) is 36.3 Å². The van der Waals surface area contributed by atoms with Crippen LogP contribution in [-0.2, 0) is 17.6 Å². The van der Waals surface area contributed by atoms with E-state index < -0.39 is 0 Å². The standard InChI is InChI=1S/C28H36N6O2S/c1-4-6-18-11-22(23(36-5-2)13-21(18)29)33-27-26-20-10-9-19(12-24(20)37-28(26)32-16-31-27)30-14-25(35)34(3)15-17-7-8-17/h4,6,11,13,16-17,19,30H,5,7-10,12,14-15,29H2,1-3H3,(H,31,32,33). The molecule has 0 aliphatic heterocycles. The molecule has 1 saturated carbocycles. The largest absolute Gasteiger partial charge is 0.492 e. The van der Waals surface area contributed by atoms with E-state index >= 15 is 0 Å². The lowest BCUT2D eigenvalue weighted by Gasteiger charge is -2.25. The zero-order chi connectivity index (χ0) is 25.9. The van der Waals surface area contributed by atoms with E-state index in [1.807, 2.05) is 50.1 Å². The first-order valence-electron chi connectivity index (χ1n) is 13.1. The predicted molar refractivity (Wildman–Crippen MR) is 152 cm³/mol. The third kappa shape index (κ3) is 5.72. The van der Waals surface area contributed by atoms with Crippen LogP contribution in [0.1, 0.15) is 49.1 Å². The highest BCUT2D eigenvalue weighted by Crippen LogP contribution is 2.41. The number of aromatic nitrogens is 2. The fourth-order valence-corrected chi connectivity index (χ4v) is 6.24. The van der Waals surface area contributed by atoms with Gasteiger partial charge in [-0.2, -0.15) is 0 Å². The summed E-state index contributed by atoms with van der Waals surface area (Å²) in [4.78, 5) is 25.9. The summed E-state index contributed by atoms with van der Waals surface area (Å²) in [5.41, 5.74) is 9.98. The number of fused-ring (bicyclic) bond motifs is 3. The van der Waals surface area contributed by atoms with Gasteiger partial charge >= 0.3 is 0 Å². The average molecular weight is 521 g/mol. The van der Waals surface area contributed by atoms with Crippen LogP contribution >= 0.6 is 11.3 Å². The minimum Gasteiger partial charge on any atom is -0.492 e. The number of hydrogen-bond donors (Lipinski definition) is 3. The Morgan fingerprint density at radius 2 is 2.14 bits per heavy atom. The minimum absolute atomic E-state index is 0.178. The predicted octanol–water partition coefficient (Wildman–Crippen LogP) is 4.76. The van der Waals surface area contributed by atoms with Crippen LogP contribution in [0.15, 0.2) is 24.5 Å². The summed E-state index contributed by atoms with van der Waals surface area (Å²) < 4.78 is 5.88. The Labute approximate surface area is 222 Å². The van der Waals surface area contributed by atoms with Crippen LogP contribution in [0.25, 0.3) is 16.3 Å². The van der Waals surface area contributed by atoms with E-state index in [-0.39, 0.29) is 11.9 Å². The number of carbonyl (C=O) groups excluding carboxylic acids is 1. The van der Waals surface area contributed by atoms with Gasteiger partial charge in [-0.05, 0) is 69.1 Å². The van der Waals surface area contributed by atoms with Crippen LogP contribution in [0.2, 0.25) is 0 Å².